The molecule has 1 atom stereocenters. The van der Waals surface area contributed by atoms with Crippen LogP contribution in [-0.4, -0.2) is 36.7 Å². The van der Waals surface area contributed by atoms with E-state index in [0.29, 0.717) is 41.4 Å². The molecule has 1 aliphatic heterocycles. The van der Waals surface area contributed by atoms with E-state index in [2.05, 4.69) is 28.4 Å². The van der Waals surface area contributed by atoms with Crippen LogP contribution in [0.2, 0.25) is 0 Å². The van der Waals surface area contributed by atoms with Gasteiger partial charge in [0.15, 0.2) is 0 Å². The second-order valence-electron chi connectivity index (χ2n) is 9.62. The summed E-state index contributed by atoms with van der Waals surface area (Å²) < 4.78 is 3.60. The van der Waals surface area contributed by atoms with Gasteiger partial charge in [0.25, 0.3) is 11.5 Å². The zero-order valence-electron chi connectivity index (χ0n) is 18.8. The topological polar surface area (TPSA) is 93.2 Å². The van der Waals surface area contributed by atoms with E-state index >= 15 is 0 Å². The van der Waals surface area contributed by atoms with Crippen LogP contribution in [0.4, 0.5) is 5.82 Å². The van der Waals surface area contributed by atoms with Crippen LogP contribution in [-0.2, 0) is 26.4 Å². The summed E-state index contributed by atoms with van der Waals surface area (Å²) in [6.07, 6.45) is 5.57. The third-order valence-corrected chi connectivity index (χ3v) is 6.52. The highest BCUT2D eigenvalue weighted by atomic mass is 16.3. The van der Waals surface area contributed by atoms with E-state index in [1.165, 1.54) is 22.0 Å². The smallest absolute Gasteiger partial charge is 0.276 e. The predicted octanol–water partition coefficient (Wildman–Crippen LogP) is 2.48. The van der Waals surface area contributed by atoms with Crippen molar-refractivity contribution < 1.29 is 9.90 Å². The SMILES string of the molecule is C[C@H](O)c1c(-c2cn(C)c(=O)cn2)ccnc1N1CCn2c(cc3c2CC(C)(C)C3)C1=O. The van der Waals surface area contributed by atoms with E-state index in [4.69, 9.17) is 0 Å². The number of fused-ring (bicyclic) bond motifs is 3. The van der Waals surface area contributed by atoms with Crippen LogP contribution in [0.1, 0.15) is 54.2 Å². The minimum Gasteiger partial charge on any atom is -0.389 e. The van der Waals surface area contributed by atoms with Crippen molar-refractivity contribution in [2.24, 2.45) is 12.5 Å². The maximum Gasteiger partial charge on any atom is 0.276 e. The molecule has 8 nitrogen and oxygen atoms in total. The average molecular weight is 434 g/mol. The first-order valence-electron chi connectivity index (χ1n) is 10.9. The quantitative estimate of drug-likeness (QED) is 0.685. The number of pyridine rings is 1. The number of nitrogens with zero attached hydrogens (tertiary/aromatic N) is 5. The maximum absolute atomic E-state index is 13.5. The van der Waals surface area contributed by atoms with Crippen LogP contribution in [0.25, 0.3) is 11.3 Å². The largest absolute Gasteiger partial charge is 0.389 e. The van der Waals surface area contributed by atoms with Crippen LogP contribution >= 0.6 is 0 Å². The highest BCUT2D eigenvalue weighted by Gasteiger charge is 2.37. The van der Waals surface area contributed by atoms with Crippen LogP contribution in [0.3, 0.4) is 0 Å². The van der Waals surface area contributed by atoms with Crippen molar-refractivity contribution in [1.29, 1.82) is 0 Å². The van der Waals surface area contributed by atoms with Gasteiger partial charge in [-0.1, -0.05) is 13.8 Å². The normalized spacial score (nSPS) is 17.9. The lowest BCUT2D eigenvalue weighted by Gasteiger charge is -2.31. The molecule has 3 aromatic rings. The minimum atomic E-state index is -0.875. The number of rotatable bonds is 3. The Bertz CT molecular complexity index is 1300. The molecule has 1 aliphatic carbocycles. The molecule has 0 fully saturated rings. The number of aryl methyl sites for hydroxylation is 1. The van der Waals surface area contributed by atoms with Gasteiger partial charge in [-0.2, -0.15) is 0 Å². The summed E-state index contributed by atoms with van der Waals surface area (Å²) in [4.78, 5) is 35.7. The highest BCUT2D eigenvalue weighted by Crippen LogP contribution is 2.40. The molecule has 1 N–H and O–H groups in total. The summed E-state index contributed by atoms with van der Waals surface area (Å²) in [5, 5.41) is 10.7. The van der Waals surface area contributed by atoms with Crippen molar-refractivity contribution >= 4 is 11.7 Å². The summed E-state index contributed by atoms with van der Waals surface area (Å²) in [6.45, 7) is 7.34. The van der Waals surface area contributed by atoms with Gasteiger partial charge in [0.2, 0.25) is 0 Å². The molecule has 32 heavy (non-hydrogen) atoms. The first-order valence-corrected chi connectivity index (χ1v) is 10.9. The number of hydrogen-bond donors (Lipinski definition) is 1. The maximum atomic E-state index is 13.5. The van der Waals surface area contributed by atoms with Gasteiger partial charge in [-0.05, 0) is 42.9 Å². The van der Waals surface area contributed by atoms with Crippen molar-refractivity contribution in [2.45, 2.75) is 46.3 Å². The standard InChI is InChI=1S/C24H27N5O3/c1-14(30)21-16(17-13-27(4)20(31)12-26-17)5-6-25-22(21)29-8-7-28-18(23(29)32)9-15-10-24(2,3)11-19(15)28/h5-6,9,12-14,30H,7-8,10-11H2,1-4H3/t14-/m0/s1. The Morgan fingerprint density at radius 2 is 1.94 bits per heavy atom. The molecule has 0 spiro atoms. The fourth-order valence-electron chi connectivity index (χ4n) is 5.06. The molecule has 0 saturated heterocycles. The molecule has 0 unspecified atom stereocenters. The Hall–Kier alpha value is -3.26. The second-order valence-corrected chi connectivity index (χ2v) is 9.62. The molecule has 0 bridgehead atoms. The van der Waals surface area contributed by atoms with E-state index in [1.54, 1.807) is 37.3 Å². The van der Waals surface area contributed by atoms with Crippen LogP contribution in [0.15, 0.2) is 35.5 Å². The van der Waals surface area contributed by atoms with Crippen LogP contribution in [0, 0.1) is 5.41 Å². The molecule has 166 valence electrons. The van der Waals surface area contributed by atoms with Crippen molar-refractivity contribution in [2.75, 3.05) is 11.4 Å². The Balaban J connectivity index is 1.58. The Morgan fingerprint density at radius 3 is 2.66 bits per heavy atom. The van der Waals surface area contributed by atoms with Crippen molar-refractivity contribution in [3.05, 3.63) is 63.6 Å². The molecule has 1 amide bonds. The lowest BCUT2D eigenvalue weighted by Crippen LogP contribution is -2.42. The van der Waals surface area contributed by atoms with Gasteiger partial charge in [-0.3, -0.25) is 14.5 Å². The fraction of sp³-hybridized carbons (Fsp3) is 0.417. The minimum absolute atomic E-state index is 0.108. The highest BCUT2D eigenvalue weighted by molar-refractivity contribution is 6.06. The number of aliphatic hydroxyl groups is 1. The molecule has 0 saturated carbocycles. The van der Waals surface area contributed by atoms with Gasteiger partial charge < -0.3 is 14.2 Å². The molecule has 8 heteroatoms. The number of hydrogen-bond acceptors (Lipinski definition) is 5. The summed E-state index contributed by atoms with van der Waals surface area (Å²) in [5.74, 6) is 0.328. The van der Waals surface area contributed by atoms with E-state index in [-0.39, 0.29) is 16.9 Å². The zero-order valence-corrected chi connectivity index (χ0v) is 18.8. The summed E-state index contributed by atoms with van der Waals surface area (Å²) >= 11 is 0. The van der Waals surface area contributed by atoms with Crippen molar-refractivity contribution in [3.63, 3.8) is 0 Å². The number of amides is 1. The fourth-order valence-corrected chi connectivity index (χ4v) is 5.06. The van der Waals surface area contributed by atoms with Crippen LogP contribution in [0.5, 0.6) is 0 Å². The van der Waals surface area contributed by atoms with Gasteiger partial charge in [-0.25, -0.2) is 9.97 Å². The molecule has 3 aromatic heterocycles. The number of aliphatic hydroxyl groups excluding tert-OH is 1. The van der Waals surface area contributed by atoms with E-state index < -0.39 is 6.10 Å². The van der Waals surface area contributed by atoms with Gasteiger partial charge >= 0.3 is 0 Å². The van der Waals surface area contributed by atoms with Gasteiger partial charge in [0.1, 0.15) is 11.5 Å². The van der Waals surface area contributed by atoms with Gasteiger partial charge in [-0.15, -0.1) is 0 Å². The second kappa shape index (κ2) is 7.13. The first kappa shape index (κ1) is 20.6. The van der Waals surface area contributed by atoms with Crippen LogP contribution < -0.4 is 10.5 Å². The number of anilines is 1. The third-order valence-electron chi connectivity index (χ3n) is 6.52. The summed E-state index contributed by atoms with van der Waals surface area (Å²) in [7, 11) is 1.65. The predicted molar refractivity (Wildman–Crippen MR) is 121 cm³/mol. The van der Waals surface area contributed by atoms with Crippen molar-refractivity contribution in [3.8, 4) is 11.3 Å². The molecule has 0 radical (unpaired) electrons. The molecule has 5 rings (SSSR count). The van der Waals surface area contributed by atoms with E-state index in [1.807, 2.05) is 6.07 Å². The molecule has 4 heterocycles. The first-order chi connectivity index (χ1) is 15.2. The van der Waals surface area contributed by atoms with E-state index in [9.17, 15) is 14.7 Å². The Kier molecular flexibility index (Phi) is 4.60. The lowest BCUT2D eigenvalue weighted by molar-refractivity contribution is 0.0962. The molecular weight excluding hydrogens is 406 g/mol. The van der Waals surface area contributed by atoms with E-state index in [0.717, 1.165) is 12.8 Å². The Labute approximate surface area is 186 Å². The summed E-state index contributed by atoms with van der Waals surface area (Å²) in [6, 6.07) is 3.78. The number of aromatic nitrogens is 4. The molecular formula is C24H27N5O3. The number of carbonyl (C=O) groups excluding carboxylic acids is 1. The van der Waals surface area contributed by atoms with Gasteiger partial charge in [0.05, 0.1) is 18.0 Å². The van der Waals surface area contributed by atoms with Gasteiger partial charge in [0, 0.05) is 49.4 Å². The number of carbonyl (C=O) groups is 1. The average Bonchev–Trinajstić information content (AvgIpc) is 3.22. The molecule has 2 aliphatic rings. The lowest BCUT2D eigenvalue weighted by atomic mass is 9.90. The monoisotopic (exact) mass is 433 g/mol. The summed E-state index contributed by atoms with van der Waals surface area (Å²) in [5.41, 5.74) is 4.94. The zero-order chi connectivity index (χ0) is 22.8. The molecule has 0 aromatic carbocycles. The van der Waals surface area contributed by atoms with Crippen molar-refractivity contribution in [1.82, 2.24) is 19.1 Å². The third kappa shape index (κ3) is 3.17. The Morgan fingerprint density at radius 1 is 1.16 bits per heavy atom.